The van der Waals surface area contributed by atoms with Crippen molar-refractivity contribution in [3.63, 3.8) is 0 Å². The third-order valence-electron chi connectivity index (χ3n) is 4.44. The number of rotatable bonds is 3. The van der Waals surface area contributed by atoms with Crippen molar-refractivity contribution in [1.29, 1.82) is 0 Å². The second kappa shape index (κ2) is 5.79. The van der Waals surface area contributed by atoms with Gasteiger partial charge in [-0.15, -0.1) is 0 Å². The maximum absolute atomic E-state index is 11.3. The highest BCUT2D eigenvalue weighted by Crippen LogP contribution is 2.28. The van der Waals surface area contributed by atoms with Crippen LogP contribution in [0, 0.1) is 0 Å². The van der Waals surface area contributed by atoms with Crippen LogP contribution in [-0.4, -0.2) is 36.1 Å². The number of nitrogens with zero attached hydrogens (tertiary/aromatic N) is 2. The third-order valence-corrected chi connectivity index (χ3v) is 4.44. The standard InChI is InChI=1S/C15H22N4O/c16-15(20)11-6-8-18-14(10-11)19-9-2-1-5-13(19)12-4-3-7-17-12/h6,8,10,12-13,17H,1-5,7,9H2,(H2,16,20). The van der Waals surface area contributed by atoms with Gasteiger partial charge in [0.2, 0.25) is 5.91 Å². The number of pyridine rings is 1. The van der Waals surface area contributed by atoms with E-state index in [9.17, 15) is 4.79 Å². The van der Waals surface area contributed by atoms with Crippen molar-refractivity contribution >= 4 is 11.7 Å². The maximum atomic E-state index is 11.3. The Kier molecular flexibility index (Phi) is 3.87. The molecular formula is C15H22N4O. The zero-order valence-corrected chi connectivity index (χ0v) is 11.7. The summed E-state index contributed by atoms with van der Waals surface area (Å²) < 4.78 is 0. The van der Waals surface area contributed by atoms with Gasteiger partial charge in [-0.25, -0.2) is 4.98 Å². The highest BCUT2D eigenvalue weighted by Gasteiger charge is 2.32. The minimum Gasteiger partial charge on any atom is -0.366 e. The number of anilines is 1. The van der Waals surface area contributed by atoms with Crippen molar-refractivity contribution in [2.75, 3.05) is 18.0 Å². The van der Waals surface area contributed by atoms with Gasteiger partial charge in [-0.3, -0.25) is 4.79 Å². The summed E-state index contributed by atoms with van der Waals surface area (Å²) in [6, 6.07) is 4.55. The molecule has 2 unspecified atom stereocenters. The molecule has 2 aliphatic heterocycles. The lowest BCUT2D eigenvalue weighted by Crippen LogP contribution is -2.50. The Labute approximate surface area is 119 Å². The average molecular weight is 274 g/mol. The maximum Gasteiger partial charge on any atom is 0.248 e. The van der Waals surface area contributed by atoms with Crippen LogP contribution in [0.5, 0.6) is 0 Å². The molecule has 3 N–H and O–H groups in total. The first kappa shape index (κ1) is 13.4. The van der Waals surface area contributed by atoms with Gasteiger partial charge in [0.05, 0.1) is 0 Å². The fraction of sp³-hybridized carbons (Fsp3) is 0.600. The smallest absolute Gasteiger partial charge is 0.248 e. The summed E-state index contributed by atoms with van der Waals surface area (Å²) >= 11 is 0. The number of aromatic nitrogens is 1. The molecule has 1 aromatic rings. The fourth-order valence-electron chi connectivity index (χ4n) is 3.43. The van der Waals surface area contributed by atoms with Crippen LogP contribution in [0.2, 0.25) is 0 Å². The van der Waals surface area contributed by atoms with E-state index in [0.717, 1.165) is 18.9 Å². The molecule has 0 bridgehead atoms. The van der Waals surface area contributed by atoms with Crippen LogP contribution in [-0.2, 0) is 0 Å². The number of primary amides is 1. The minimum atomic E-state index is -0.388. The molecule has 5 heteroatoms. The van der Waals surface area contributed by atoms with Gasteiger partial charge in [0.25, 0.3) is 0 Å². The van der Waals surface area contributed by atoms with Crippen LogP contribution in [0.1, 0.15) is 42.5 Å². The van der Waals surface area contributed by atoms with Gasteiger partial charge in [-0.2, -0.15) is 0 Å². The fourth-order valence-corrected chi connectivity index (χ4v) is 3.43. The van der Waals surface area contributed by atoms with E-state index in [1.54, 1.807) is 12.3 Å². The van der Waals surface area contributed by atoms with Gasteiger partial charge in [-0.05, 0) is 50.8 Å². The van der Waals surface area contributed by atoms with Crippen molar-refractivity contribution in [1.82, 2.24) is 10.3 Å². The predicted molar refractivity (Wildman–Crippen MR) is 78.8 cm³/mol. The molecule has 2 fully saturated rings. The summed E-state index contributed by atoms with van der Waals surface area (Å²) in [5.41, 5.74) is 5.91. The quantitative estimate of drug-likeness (QED) is 0.871. The molecule has 3 rings (SSSR count). The first-order chi connectivity index (χ1) is 9.75. The molecule has 20 heavy (non-hydrogen) atoms. The monoisotopic (exact) mass is 274 g/mol. The number of nitrogens with one attached hydrogen (secondary N) is 1. The van der Waals surface area contributed by atoms with E-state index < -0.39 is 0 Å². The van der Waals surface area contributed by atoms with Gasteiger partial charge in [-0.1, -0.05) is 0 Å². The average Bonchev–Trinajstić information content (AvgIpc) is 3.01. The molecule has 2 saturated heterocycles. The number of carbonyl (C=O) groups is 1. The topological polar surface area (TPSA) is 71.2 Å². The van der Waals surface area contributed by atoms with E-state index in [2.05, 4.69) is 15.2 Å². The molecule has 108 valence electrons. The number of carbonyl (C=O) groups excluding carboxylic acids is 1. The lowest BCUT2D eigenvalue weighted by atomic mass is 9.94. The molecule has 0 aromatic carbocycles. The minimum absolute atomic E-state index is 0.388. The SMILES string of the molecule is NC(=O)c1ccnc(N2CCCCC2C2CCCN2)c1. The molecular weight excluding hydrogens is 252 g/mol. The molecule has 1 amide bonds. The van der Waals surface area contributed by atoms with E-state index in [0.29, 0.717) is 17.6 Å². The molecule has 0 spiro atoms. The van der Waals surface area contributed by atoms with Crippen LogP contribution in [0.15, 0.2) is 18.3 Å². The highest BCUT2D eigenvalue weighted by atomic mass is 16.1. The van der Waals surface area contributed by atoms with Crippen molar-refractivity contribution in [2.45, 2.75) is 44.2 Å². The summed E-state index contributed by atoms with van der Waals surface area (Å²) in [4.78, 5) is 18.2. The Morgan fingerprint density at radius 2 is 2.25 bits per heavy atom. The summed E-state index contributed by atoms with van der Waals surface area (Å²) in [6.45, 7) is 2.13. The van der Waals surface area contributed by atoms with E-state index >= 15 is 0 Å². The molecule has 2 aliphatic rings. The molecule has 0 radical (unpaired) electrons. The second-order valence-corrected chi connectivity index (χ2v) is 5.73. The van der Waals surface area contributed by atoms with Crippen molar-refractivity contribution < 1.29 is 4.79 Å². The number of hydrogen-bond acceptors (Lipinski definition) is 4. The zero-order chi connectivity index (χ0) is 13.9. The van der Waals surface area contributed by atoms with Gasteiger partial charge in [0.1, 0.15) is 5.82 Å². The number of nitrogens with two attached hydrogens (primary N) is 1. The Morgan fingerprint density at radius 1 is 1.35 bits per heavy atom. The molecule has 0 aliphatic carbocycles. The third kappa shape index (κ3) is 2.63. The van der Waals surface area contributed by atoms with Gasteiger partial charge >= 0.3 is 0 Å². The van der Waals surface area contributed by atoms with E-state index in [4.69, 9.17) is 5.73 Å². The second-order valence-electron chi connectivity index (χ2n) is 5.73. The van der Waals surface area contributed by atoms with Crippen molar-refractivity contribution in [3.05, 3.63) is 23.9 Å². The Bertz CT molecular complexity index is 485. The van der Waals surface area contributed by atoms with E-state index in [-0.39, 0.29) is 5.91 Å². The van der Waals surface area contributed by atoms with Crippen LogP contribution in [0.25, 0.3) is 0 Å². The lowest BCUT2D eigenvalue weighted by Gasteiger charge is -2.40. The van der Waals surface area contributed by atoms with Gasteiger partial charge < -0.3 is 16.0 Å². The first-order valence-electron chi connectivity index (χ1n) is 7.51. The lowest BCUT2D eigenvalue weighted by molar-refractivity contribution is 0.1000. The first-order valence-corrected chi connectivity index (χ1v) is 7.51. The van der Waals surface area contributed by atoms with E-state index in [1.807, 2.05) is 6.07 Å². The molecule has 3 heterocycles. The number of piperidine rings is 1. The normalized spacial score (nSPS) is 26.7. The molecule has 2 atom stereocenters. The predicted octanol–water partition coefficient (Wildman–Crippen LogP) is 1.29. The van der Waals surface area contributed by atoms with Crippen LogP contribution in [0.3, 0.4) is 0 Å². The van der Waals surface area contributed by atoms with Crippen molar-refractivity contribution in [2.24, 2.45) is 5.73 Å². The Morgan fingerprint density at radius 3 is 3.00 bits per heavy atom. The Balaban J connectivity index is 1.85. The highest BCUT2D eigenvalue weighted by molar-refractivity contribution is 5.93. The molecule has 0 saturated carbocycles. The van der Waals surface area contributed by atoms with Crippen LogP contribution in [0.4, 0.5) is 5.82 Å². The summed E-state index contributed by atoms with van der Waals surface area (Å²) in [5, 5.41) is 3.60. The van der Waals surface area contributed by atoms with Gasteiger partial charge in [0.15, 0.2) is 0 Å². The van der Waals surface area contributed by atoms with Gasteiger partial charge in [0, 0.05) is 30.4 Å². The van der Waals surface area contributed by atoms with Crippen molar-refractivity contribution in [3.8, 4) is 0 Å². The molecule has 1 aromatic heterocycles. The summed E-state index contributed by atoms with van der Waals surface area (Å²) in [7, 11) is 0. The number of amides is 1. The zero-order valence-electron chi connectivity index (χ0n) is 11.7. The Hall–Kier alpha value is -1.62. The summed E-state index contributed by atoms with van der Waals surface area (Å²) in [6.07, 6.45) is 7.82. The van der Waals surface area contributed by atoms with E-state index in [1.165, 1.54) is 32.1 Å². The summed E-state index contributed by atoms with van der Waals surface area (Å²) in [5.74, 6) is 0.501. The molecule has 5 nitrogen and oxygen atoms in total. The number of hydrogen-bond donors (Lipinski definition) is 2. The van der Waals surface area contributed by atoms with Crippen LogP contribution < -0.4 is 16.0 Å². The van der Waals surface area contributed by atoms with Crippen LogP contribution >= 0.6 is 0 Å². The largest absolute Gasteiger partial charge is 0.366 e.